The maximum atomic E-state index is 12.1. The van der Waals surface area contributed by atoms with Crippen LogP contribution >= 0.6 is 0 Å². The van der Waals surface area contributed by atoms with Gasteiger partial charge in [0.25, 0.3) is 5.91 Å². The predicted molar refractivity (Wildman–Crippen MR) is 92.9 cm³/mol. The third-order valence-electron chi connectivity index (χ3n) is 5.33. The van der Waals surface area contributed by atoms with Gasteiger partial charge in [0.1, 0.15) is 5.82 Å². The molecule has 1 atom stereocenters. The van der Waals surface area contributed by atoms with Crippen molar-refractivity contribution in [1.82, 2.24) is 14.8 Å². The van der Waals surface area contributed by atoms with Gasteiger partial charge in [0.2, 0.25) is 0 Å². The topological polar surface area (TPSA) is 39.7 Å². The number of nitrogens with zero attached hydrogens (tertiary/aromatic N) is 4. The summed E-state index contributed by atoms with van der Waals surface area (Å²) in [5.41, 5.74) is 0.667. The Hall–Kier alpha value is -1.62. The Morgan fingerprint density at radius 1 is 1.35 bits per heavy atom. The molecule has 5 nitrogen and oxygen atoms in total. The molecule has 0 saturated carbocycles. The molecule has 5 heteroatoms. The second kappa shape index (κ2) is 6.87. The maximum Gasteiger partial charge on any atom is 0.255 e. The van der Waals surface area contributed by atoms with E-state index < -0.39 is 0 Å². The van der Waals surface area contributed by atoms with Gasteiger partial charge >= 0.3 is 0 Å². The minimum atomic E-state index is 0.0372. The molecular formula is C18H28N4O. The lowest BCUT2D eigenvalue weighted by molar-refractivity contribution is 0.0801. The molecule has 3 heterocycles. The van der Waals surface area contributed by atoms with Crippen LogP contribution in [-0.2, 0) is 0 Å². The third kappa shape index (κ3) is 3.34. The lowest BCUT2D eigenvalue weighted by Gasteiger charge is -2.49. The minimum absolute atomic E-state index is 0.0372. The van der Waals surface area contributed by atoms with E-state index in [0.29, 0.717) is 24.2 Å². The van der Waals surface area contributed by atoms with Crippen molar-refractivity contribution in [3.05, 3.63) is 23.9 Å². The summed E-state index contributed by atoms with van der Waals surface area (Å²) in [7, 11) is 1.82. The van der Waals surface area contributed by atoms with Crippen molar-refractivity contribution >= 4 is 11.7 Å². The Morgan fingerprint density at radius 2 is 2.13 bits per heavy atom. The zero-order valence-corrected chi connectivity index (χ0v) is 14.5. The molecule has 2 saturated heterocycles. The molecule has 0 radical (unpaired) electrons. The molecule has 126 valence electrons. The van der Waals surface area contributed by atoms with Crippen LogP contribution < -0.4 is 4.90 Å². The molecule has 2 aliphatic heterocycles. The van der Waals surface area contributed by atoms with E-state index in [-0.39, 0.29) is 5.91 Å². The standard InChI is InChI=1S/C18H28N4O/c1-4-20(3)18(23)15-8-9-17(19-11-15)21-12-16(13-21)22-10-6-5-7-14(22)2/h8-9,11,14,16H,4-7,10,12-13H2,1-3H3. The van der Waals surface area contributed by atoms with Crippen molar-refractivity contribution in [3.8, 4) is 0 Å². The Morgan fingerprint density at radius 3 is 2.74 bits per heavy atom. The highest BCUT2D eigenvalue weighted by atomic mass is 16.2. The van der Waals surface area contributed by atoms with Gasteiger partial charge < -0.3 is 9.80 Å². The number of hydrogen-bond acceptors (Lipinski definition) is 4. The lowest BCUT2D eigenvalue weighted by Crippen LogP contribution is -2.62. The number of aromatic nitrogens is 1. The number of piperidine rings is 1. The van der Waals surface area contributed by atoms with Gasteiger partial charge in [-0.2, -0.15) is 0 Å². The highest BCUT2D eigenvalue weighted by Gasteiger charge is 2.35. The summed E-state index contributed by atoms with van der Waals surface area (Å²) in [4.78, 5) is 23.3. The van der Waals surface area contributed by atoms with Crippen molar-refractivity contribution in [3.63, 3.8) is 0 Å². The van der Waals surface area contributed by atoms with E-state index in [1.165, 1.54) is 25.8 Å². The summed E-state index contributed by atoms with van der Waals surface area (Å²) in [5.74, 6) is 1.02. The summed E-state index contributed by atoms with van der Waals surface area (Å²) in [6.07, 6.45) is 5.75. The highest BCUT2D eigenvalue weighted by Crippen LogP contribution is 2.27. The number of likely N-dealkylation sites (tertiary alicyclic amines) is 1. The molecule has 0 bridgehead atoms. The van der Waals surface area contributed by atoms with E-state index in [1.807, 2.05) is 26.1 Å². The van der Waals surface area contributed by atoms with Crippen LogP contribution in [0.15, 0.2) is 18.3 Å². The first kappa shape index (κ1) is 16.2. The molecule has 1 unspecified atom stereocenters. The van der Waals surface area contributed by atoms with Gasteiger partial charge in [0.15, 0.2) is 0 Å². The van der Waals surface area contributed by atoms with Crippen molar-refractivity contribution in [2.45, 2.75) is 45.2 Å². The summed E-state index contributed by atoms with van der Waals surface area (Å²) in [6.45, 7) is 8.39. The number of pyridine rings is 1. The summed E-state index contributed by atoms with van der Waals surface area (Å²) >= 11 is 0. The van der Waals surface area contributed by atoms with Crippen LogP contribution in [0.25, 0.3) is 0 Å². The van der Waals surface area contributed by atoms with E-state index in [0.717, 1.165) is 18.9 Å². The monoisotopic (exact) mass is 316 g/mol. The van der Waals surface area contributed by atoms with Gasteiger partial charge in [-0.25, -0.2) is 4.98 Å². The van der Waals surface area contributed by atoms with Crippen molar-refractivity contribution in [2.75, 3.05) is 38.1 Å². The fourth-order valence-electron chi connectivity index (χ4n) is 3.58. The molecule has 1 amide bonds. The van der Waals surface area contributed by atoms with Gasteiger partial charge in [-0.1, -0.05) is 6.42 Å². The number of anilines is 1. The Labute approximate surface area is 139 Å². The number of carbonyl (C=O) groups is 1. The van der Waals surface area contributed by atoms with E-state index in [1.54, 1.807) is 11.1 Å². The quantitative estimate of drug-likeness (QED) is 0.854. The first-order chi connectivity index (χ1) is 11.1. The molecule has 1 aromatic heterocycles. The molecule has 0 spiro atoms. The second-order valence-corrected chi connectivity index (χ2v) is 6.87. The molecule has 2 fully saturated rings. The first-order valence-electron chi connectivity index (χ1n) is 8.82. The second-order valence-electron chi connectivity index (χ2n) is 6.87. The fourth-order valence-corrected chi connectivity index (χ4v) is 3.58. The number of hydrogen-bond donors (Lipinski definition) is 0. The Kier molecular flexibility index (Phi) is 4.85. The molecule has 0 aromatic carbocycles. The van der Waals surface area contributed by atoms with Crippen LogP contribution in [0.1, 0.15) is 43.5 Å². The Balaban J connectivity index is 1.56. The van der Waals surface area contributed by atoms with Crippen molar-refractivity contribution in [1.29, 1.82) is 0 Å². The van der Waals surface area contributed by atoms with E-state index in [4.69, 9.17) is 0 Å². The summed E-state index contributed by atoms with van der Waals surface area (Å²) < 4.78 is 0. The van der Waals surface area contributed by atoms with Crippen LogP contribution in [0.4, 0.5) is 5.82 Å². The van der Waals surface area contributed by atoms with Gasteiger partial charge in [0, 0.05) is 45.0 Å². The smallest absolute Gasteiger partial charge is 0.255 e. The van der Waals surface area contributed by atoms with Crippen LogP contribution in [-0.4, -0.2) is 66.0 Å². The fraction of sp³-hybridized carbons (Fsp3) is 0.667. The first-order valence-corrected chi connectivity index (χ1v) is 8.82. The molecule has 3 rings (SSSR count). The van der Waals surface area contributed by atoms with Gasteiger partial charge in [-0.3, -0.25) is 9.69 Å². The summed E-state index contributed by atoms with van der Waals surface area (Å²) in [6, 6.07) is 5.26. The van der Waals surface area contributed by atoms with Gasteiger partial charge in [0.05, 0.1) is 5.56 Å². The Bertz CT molecular complexity index is 538. The lowest BCUT2D eigenvalue weighted by atomic mass is 9.97. The molecule has 0 aliphatic carbocycles. The van der Waals surface area contributed by atoms with Crippen LogP contribution in [0, 0.1) is 0 Å². The average molecular weight is 316 g/mol. The molecule has 0 N–H and O–H groups in total. The zero-order chi connectivity index (χ0) is 16.4. The van der Waals surface area contributed by atoms with Crippen LogP contribution in [0.5, 0.6) is 0 Å². The molecule has 2 aliphatic rings. The average Bonchev–Trinajstić information content (AvgIpc) is 2.54. The van der Waals surface area contributed by atoms with Crippen molar-refractivity contribution in [2.24, 2.45) is 0 Å². The number of amides is 1. The van der Waals surface area contributed by atoms with Gasteiger partial charge in [-0.05, 0) is 45.4 Å². The summed E-state index contributed by atoms with van der Waals surface area (Å²) in [5, 5.41) is 0. The zero-order valence-electron chi connectivity index (χ0n) is 14.5. The highest BCUT2D eigenvalue weighted by molar-refractivity contribution is 5.93. The third-order valence-corrected chi connectivity index (χ3v) is 5.33. The van der Waals surface area contributed by atoms with Crippen molar-refractivity contribution < 1.29 is 4.79 Å². The number of carbonyl (C=O) groups excluding carboxylic acids is 1. The van der Waals surface area contributed by atoms with Crippen LogP contribution in [0.3, 0.4) is 0 Å². The largest absolute Gasteiger partial charge is 0.353 e. The van der Waals surface area contributed by atoms with Crippen LogP contribution in [0.2, 0.25) is 0 Å². The maximum absolute atomic E-state index is 12.1. The van der Waals surface area contributed by atoms with E-state index in [9.17, 15) is 4.79 Å². The van der Waals surface area contributed by atoms with E-state index in [2.05, 4.69) is 21.7 Å². The normalized spacial score (nSPS) is 22.7. The van der Waals surface area contributed by atoms with E-state index >= 15 is 0 Å². The SMILES string of the molecule is CCN(C)C(=O)c1ccc(N2CC(N3CCCCC3C)C2)nc1. The molecule has 1 aromatic rings. The number of rotatable bonds is 4. The predicted octanol–water partition coefficient (Wildman–Crippen LogP) is 2.24. The molecular weight excluding hydrogens is 288 g/mol. The minimum Gasteiger partial charge on any atom is -0.353 e. The van der Waals surface area contributed by atoms with Gasteiger partial charge in [-0.15, -0.1) is 0 Å². The molecule has 23 heavy (non-hydrogen) atoms.